The molecule has 4 nitrogen and oxygen atoms in total. The summed E-state index contributed by atoms with van der Waals surface area (Å²) in [6.07, 6.45) is 6.26. The van der Waals surface area contributed by atoms with E-state index in [-0.39, 0.29) is 0 Å². The third kappa shape index (κ3) is 3.93. The van der Waals surface area contributed by atoms with Gasteiger partial charge in [-0.25, -0.2) is 4.98 Å². The van der Waals surface area contributed by atoms with Crippen LogP contribution in [0.5, 0.6) is 0 Å². The average Bonchev–Trinajstić information content (AvgIpc) is 2.93. The van der Waals surface area contributed by atoms with Gasteiger partial charge in [-0.1, -0.05) is 30.3 Å². The summed E-state index contributed by atoms with van der Waals surface area (Å²) < 4.78 is 2.08. The first-order valence-electron chi connectivity index (χ1n) is 7.76. The molecule has 1 aliphatic rings. The van der Waals surface area contributed by atoms with Crippen molar-refractivity contribution in [1.29, 1.82) is 0 Å². The van der Waals surface area contributed by atoms with Crippen LogP contribution < -0.4 is 5.32 Å². The third-order valence-electron chi connectivity index (χ3n) is 4.32. The number of likely N-dealkylation sites (tertiary alicyclic amines) is 1. The van der Waals surface area contributed by atoms with E-state index in [0.29, 0.717) is 6.04 Å². The number of hydrogen-bond acceptors (Lipinski definition) is 3. The zero-order valence-corrected chi connectivity index (χ0v) is 12.7. The van der Waals surface area contributed by atoms with Gasteiger partial charge in [-0.15, -0.1) is 0 Å². The molecule has 1 saturated heterocycles. The van der Waals surface area contributed by atoms with Gasteiger partial charge in [-0.05, 0) is 31.5 Å². The number of piperidine rings is 1. The molecular weight excluding hydrogens is 260 g/mol. The SMILES string of the molecule is Cn1cncc1CNC1CCN(Cc2ccccc2)CC1. The van der Waals surface area contributed by atoms with E-state index in [9.17, 15) is 0 Å². The molecule has 2 aromatic rings. The second-order valence-corrected chi connectivity index (χ2v) is 5.91. The first kappa shape index (κ1) is 14.3. The van der Waals surface area contributed by atoms with E-state index in [0.717, 1.165) is 13.1 Å². The normalized spacial score (nSPS) is 17.2. The Hall–Kier alpha value is -1.65. The molecule has 2 heterocycles. The van der Waals surface area contributed by atoms with Gasteiger partial charge in [-0.3, -0.25) is 4.90 Å². The molecule has 1 aliphatic heterocycles. The Labute approximate surface area is 126 Å². The Morgan fingerprint density at radius 1 is 1.19 bits per heavy atom. The maximum Gasteiger partial charge on any atom is 0.0945 e. The zero-order valence-electron chi connectivity index (χ0n) is 12.7. The number of aryl methyl sites for hydroxylation is 1. The van der Waals surface area contributed by atoms with Gasteiger partial charge >= 0.3 is 0 Å². The highest BCUT2D eigenvalue weighted by molar-refractivity contribution is 5.14. The van der Waals surface area contributed by atoms with E-state index >= 15 is 0 Å². The molecule has 0 unspecified atom stereocenters. The summed E-state index contributed by atoms with van der Waals surface area (Å²) in [5, 5.41) is 3.66. The number of imidazole rings is 1. The van der Waals surface area contributed by atoms with Crippen molar-refractivity contribution in [2.75, 3.05) is 13.1 Å². The van der Waals surface area contributed by atoms with Gasteiger partial charge in [0.2, 0.25) is 0 Å². The minimum Gasteiger partial charge on any atom is -0.337 e. The summed E-state index contributed by atoms with van der Waals surface area (Å²) in [5.41, 5.74) is 2.67. The maximum absolute atomic E-state index is 4.16. The number of benzene rings is 1. The largest absolute Gasteiger partial charge is 0.337 e. The van der Waals surface area contributed by atoms with Crippen molar-refractivity contribution < 1.29 is 0 Å². The lowest BCUT2D eigenvalue weighted by Gasteiger charge is -2.32. The minimum absolute atomic E-state index is 0.631. The van der Waals surface area contributed by atoms with Crippen LogP contribution in [0.4, 0.5) is 0 Å². The Balaban J connectivity index is 1.42. The molecule has 0 atom stereocenters. The summed E-state index contributed by atoms with van der Waals surface area (Å²) in [6, 6.07) is 11.4. The lowest BCUT2D eigenvalue weighted by Crippen LogP contribution is -2.42. The van der Waals surface area contributed by atoms with Gasteiger partial charge in [0.1, 0.15) is 0 Å². The van der Waals surface area contributed by atoms with Crippen LogP contribution in [0.15, 0.2) is 42.9 Å². The predicted octanol–water partition coefficient (Wildman–Crippen LogP) is 2.17. The number of rotatable bonds is 5. The van der Waals surface area contributed by atoms with Crippen molar-refractivity contribution in [3.05, 3.63) is 54.1 Å². The fourth-order valence-electron chi connectivity index (χ4n) is 2.94. The van der Waals surface area contributed by atoms with Crippen LogP contribution in [-0.2, 0) is 20.1 Å². The molecule has 3 rings (SSSR count). The monoisotopic (exact) mass is 284 g/mol. The van der Waals surface area contributed by atoms with Gasteiger partial charge < -0.3 is 9.88 Å². The van der Waals surface area contributed by atoms with E-state index in [2.05, 4.69) is 50.1 Å². The van der Waals surface area contributed by atoms with E-state index < -0.39 is 0 Å². The summed E-state index contributed by atoms with van der Waals surface area (Å²) in [6.45, 7) is 4.35. The van der Waals surface area contributed by atoms with Crippen LogP contribution >= 0.6 is 0 Å². The second-order valence-electron chi connectivity index (χ2n) is 5.91. The second kappa shape index (κ2) is 6.87. The molecule has 0 amide bonds. The Bertz CT molecular complexity index is 541. The average molecular weight is 284 g/mol. The predicted molar refractivity (Wildman–Crippen MR) is 84.8 cm³/mol. The van der Waals surface area contributed by atoms with Crippen LogP contribution in [0, 0.1) is 0 Å². The molecule has 0 spiro atoms. The number of aromatic nitrogens is 2. The molecule has 0 aliphatic carbocycles. The van der Waals surface area contributed by atoms with Crippen molar-refractivity contribution in [2.24, 2.45) is 7.05 Å². The van der Waals surface area contributed by atoms with Crippen molar-refractivity contribution in [3.63, 3.8) is 0 Å². The molecule has 21 heavy (non-hydrogen) atoms. The molecular formula is C17H24N4. The number of nitrogens with zero attached hydrogens (tertiary/aromatic N) is 3. The summed E-state index contributed by atoms with van der Waals surface area (Å²) in [7, 11) is 2.05. The number of hydrogen-bond donors (Lipinski definition) is 1. The number of nitrogens with one attached hydrogen (secondary N) is 1. The molecule has 1 aromatic heterocycles. The highest BCUT2D eigenvalue weighted by Gasteiger charge is 2.18. The van der Waals surface area contributed by atoms with Crippen LogP contribution in [-0.4, -0.2) is 33.6 Å². The van der Waals surface area contributed by atoms with Crippen molar-refractivity contribution in [2.45, 2.75) is 32.0 Å². The van der Waals surface area contributed by atoms with Gasteiger partial charge in [0.25, 0.3) is 0 Å². The van der Waals surface area contributed by atoms with Crippen molar-refractivity contribution in [1.82, 2.24) is 19.8 Å². The summed E-state index contributed by atoms with van der Waals surface area (Å²) in [5.74, 6) is 0. The lowest BCUT2D eigenvalue weighted by molar-refractivity contribution is 0.189. The fourth-order valence-corrected chi connectivity index (χ4v) is 2.94. The molecule has 4 heteroatoms. The van der Waals surface area contributed by atoms with Crippen molar-refractivity contribution >= 4 is 0 Å². The van der Waals surface area contributed by atoms with E-state index in [1.54, 1.807) is 0 Å². The van der Waals surface area contributed by atoms with Crippen LogP contribution in [0.1, 0.15) is 24.1 Å². The highest BCUT2D eigenvalue weighted by Crippen LogP contribution is 2.14. The first-order chi connectivity index (χ1) is 10.3. The molecule has 1 aromatic carbocycles. The maximum atomic E-state index is 4.16. The van der Waals surface area contributed by atoms with Gasteiger partial charge in [-0.2, -0.15) is 0 Å². The first-order valence-corrected chi connectivity index (χ1v) is 7.76. The van der Waals surface area contributed by atoms with E-state index in [4.69, 9.17) is 0 Å². The van der Waals surface area contributed by atoms with Crippen molar-refractivity contribution in [3.8, 4) is 0 Å². The van der Waals surface area contributed by atoms with Gasteiger partial charge in [0.05, 0.1) is 12.0 Å². The quantitative estimate of drug-likeness (QED) is 0.913. The fraction of sp³-hybridized carbons (Fsp3) is 0.471. The van der Waals surface area contributed by atoms with Gasteiger partial charge in [0, 0.05) is 32.4 Å². The highest BCUT2D eigenvalue weighted by atomic mass is 15.1. The smallest absolute Gasteiger partial charge is 0.0945 e. The zero-order chi connectivity index (χ0) is 14.5. The molecule has 0 saturated carbocycles. The van der Waals surface area contributed by atoms with Crippen LogP contribution in [0.2, 0.25) is 0 Å². The molecule has 1 fully saturated rings. The van der Waals surface area contributed by atoms with Crippen LogP contribution in [0.25, 0.3) is 0 Å². The Morgan fingerprint density at radius 2 is 1.95 bits per heavy atom. The Morgan fingerprint density at radius 3 is 2.62 bits per heavy atom. The summed E-state index contributed by atoms with van der Waals surface area (Å²) >= 11 is 0. The molecule has 1 N–H and O–H groups in total. The molecule has 0 radical (unpaired) electrons. The topological polar surface area (TPSA) is 33.1 Å². The summed E-state index contributed by atoms with van der Waals surface area (Å²) in [4.78, 5) is 6.71. The Kier molecular flexibility index (Phi) is 4.68. The van der Waals surface area contributed by atoms with Crippen LogP contribution in [0.3, 0.4) is 0 Å². The third-order valence-corrected chi connectivity index (χ3v) is 4.32. The molecule has 112 valence electrons. The van der Waals surface area contributed by atoms with E-state index in [1.807, 2.05) is 19.6 Å². The van der Waals surface area contributed by atoms with E-state index in [1.165, 1.54) is 37.2 Å². The lowest BCUT2D eigenvalue weighted by atomic mass is 10.0. The van der Waals surface area contributed by atoms with Gasteiger partial charge in [0.15, 0.2) is 0 Å². The standard InChI is InChI=1S/C17H24N4/c1-20-14-18-11-17(20)12-19-16-7-9-21(10-8-16)13-15-5-3-2-4-6-15/h2-6,11,14,16,19H,7-10,12-13H2,1H3. The molecule has 0 bridgehead atoms. The minimum atomic E-state index is 0.631.